The second-order valence-corrected chi connectivity index (χ2v) is 3.63. The van der Waals surface area contributed by atoms with E-state index >= 15 is 0 Å². The van der Waals surface area contributed by atoms with Gasteiger partial charge in [0.1, 0.15) is 0 Å². The quantitative estimate of drug-likeness (QED) is 0.816. The van der Waals surface area contributed by atoms with E-state index in [-0.39, 0.29) is 6.61 Å². The van der Waals surface area contributed by atoms with Crippen LogP contribution in [0.25, 0.3) is 0 Å². The van der Waals surface area contributed by atoms with Crippen molar-refractivity contribution in [1.82, 2.24) is 10.9 Å². The fourth-order valence-corrected chi connectivity index (χ4v) is 1.45. The van der Waals surface area contributed by atoms with Gasteiger partial charge in [-0.3, -0.25) is 10.2 Å². The molecule has 0 heterocycles. The first kappa shape index (κ1) is 12.5. The van der Waals surface area contributed by atoms with Gasteiger partial charge in [0.05, 0.1) is 12.2 Å². The fourth-order valence-electron chi connectivity index (χ4n) is 0.988. The van der Waals surface area contributed by atoms with Crippen molar-refractivity contribution in [3.63, 3.8) is 0 Å². The van der Waals surface area contributed by atoms with Gasteiger partial charge in [-0.05, 0) is 35.0 Å². The van der Waals surface area contributed by atoms with E-state index in [2.05, 4.69) is 31.5 Å². The summed E-state index contributed by atoms with van der Waals surface area (Å²) in [6.07, 6.45) is -0.692. The highest BCUT2D eigenvalue weighted by Crippen LogP contribution is 2.14. The van der Waals surface area contributed by atoms with Gasteiger partial charge in [-0.25, -0.2) is 10.2 Å². The van der Waals surface area contributed by atoms with Crippen LogP contribution in [0, 0.1) is 0 Å². The Kier molecular flexibility index (Phi) is 4.78. The second kappa shape index (κ2) is 6.12. The third-order valence-corrected chi connectivity index (χ3v) is 2.36. The molecule has 0 radical (unpaired) electrons. The number of hydrogen-bond donors (Lipinski definition) is 2. The highest BCUT2D eigenvalue weighted by molar-refractivity contribution is 9.10. The summed E-state index contributed by atoms with van der Waals surface area (Å²) in [6, 6.07) is 6.88. The molecule has 0 aliphatic rings. The summed E-state index contributed by atoms with van der Waals surface area (Å²) >= 11 is 3.23. The number of rotatable bonds is 2. The standard InChI is InChI=1S/C10H11BrN2O3/c1-2-16-10(15)13-12-9(14)7-5-3-4-6-8(7)11/h3-6H,2H2,1H3,(H,12,14)(H,13,15). The van der Waals surface area contributed by atoms with Gasteiger partial charge in [-0.2, -0.15) is 0 Å². The SMILES string of the molecule is CCOC(=O)NNC(=O)c1ccccc1Br. The Morgan fingerprint density at radius 1 is 1.31 bits per heavy atom. The van der Waals surface area contributed by atoms with Crippen LogP contribution in [0.4, 0.5) is 4.79 Å². The molecular weight excluding hydrogens is 276 g/mol. The first-order valence-corrected chi connectivity index (χ1v) is 5.42. The Morgan fingerprint density at radius 2 is 2.00 bits per heavy atom. The first-order valence-electron chi connectivity index (χ1n) is 4.62. The van der Waals surface area contributed by atoms with Crippen LogP contribution < -0.4 is 10.9 Å². The molecule has 2 N–H and O–H groups in total. The van der Waals surface area contributed by atoms with Gasteiger partial charge >= 0.3 is 6.09 Å². The third kappa shape index (κ3) is 3.54. The molecule has 1 aromatic carbocycles. The molecule has 0 atom stereocenters. The van der Waals surface area contributed by atoms with Crippen LogP contribution in [0.3, 0.4) is 0 Å². The molecule has 16 heavy (non-hydrogen) atoms. The van der Waals surface area contributed by atoms with Crippen molar-refractivity contribution in [2.45, 2.75) is 6.92 Å². The maximum Gasteiger partial charge on any atom is 0.426 e. The molecule has 0 aliphatic carbocycles. The summed E-state index contributed by atoms with van der Waals surface area (Å²) in [5.74, 6) is -0.416. The number of carbonyl (C=O) groups excluding carboxylic acids is 2. The van der Waals surface area contributed by atoms with Gasteiger partial charge in [-0.1, -0.05) is 12.1 Å². The molecule has 86 valence electrons. The van der Waals surface area contributed by atoms with Crippen molar-refractivity contribution in [3.8, 4) is 0 Å². The minimum absolute atomic E-state index is 0.247. The molecule has 5 nitrogen and oxygen atoms in total. The number of halogens is 1. The average molecular weight is 287 g/mol. The van der Waals surface area contributed by atoms with Crippen LogP contribution in [-0.4, -0.2) is 18.6 Å². The lowest BCUT2D eigenvalue weighted by atomic mass is 10.2. The normalized spacial score (nSPS) is 9.38. The van der Waals surface area contributed by atoms with Crippen molar-refractivity contribution < 1.29 is 14.3 Å². The first-order chi connectivity index (χ1) is 7.65. The lowest BCUT2D eigenvalue weighted by Gasteiger charge is -2.07. The maximum absolute atomic E-state index is 11.6. The van der Waals surface area contributed by atoms with E-state index in [1.54, 1.807) is 31.2 Å². The van der Waals surface area contributed by atoms with Gasteiger partial charge in [0.15, 0.2) is 0 Å². The van der Waals surface area contributed by atoms with Crippen molar-refractivity contribution in [2.24, 2.45) is 0 Å². The van der Waals surface area contributed by atoms with Crippen LogP contribution >= 0.6 is 15.9 Å². The molecule has 0 bridgehead atoms. The Morgan fingerprint density at radius 3 is 2.62 bits per heavy atom. The molecule has 1 rings (SSSR count). The second-order valence-electron chi connectivity index (χ2n) is 2.78. The van der Waals surface area contributed by atoms with Crippen LogP contribution in [0.5, 0.6) is 0 Å². The number of nitrogens with one attached hydrogen (secondary N) is 2. The Balaban J connectivity index is 2.54. The molecule has 0 aromatic heterocycles. The molecule has 6 heteroatoms. The van der Waals surface area contributed by atoms with Crippen molar-refractivity contribution >= 4 is 27.9 Å². The molecule has 0 saturated heterocycles. The number of carbonyl (C=O) groups is 2. The van der Waals surface area contributed by atoms with Gasteiger partial charge in [-0.15, -0.1) is 0 Å². The summed E-state index contributed by atoms with van der Waals surface area (Å²) in [5, 5.41) is 0. The minimum atomic E-state index is -0.692. The van der Waals surface area contributed by atoms with E-state index in [0.29, 0.717) is 10.0 Å². The summed E-state index contributed by atoms with van der Waals surface area (Å²) in [6.45, 7) is 1.92. The number of ether oxygens (including phenoxy) is 1. The number of hydrazine groups is 1. The summed E-state index contributed by atoms with van der Waals surface area (Å²) < 4.78 is 5.23. The highest BCUT2D eigenvalue weighted by Gasteiger charge is 2.09. The lowest BCUT2D eigenvalue weighted by Crippen LogP contribution is -2.42. The lowest BCUT2D eigenvalue weighted by molar-refractivity contribution is 0.0912. The van der Waals surface area contributed by atoms with Gasteiger partial charge in [0, 0.05) is 4.47 Å². The van der Waals surface area contributed by atoms with Crippen LogP contribution in [-0.2, 0) is 4.74 Å². The van der Waals surface area contributed by atoms with E-state index in [1.165, 1.54) is 0 Å². The van der Waals surface area contributed by atoms with Gasteiger partial charge in [0.2, 0.25) is 0 Å². The summed E-state index contributed by atoms with van der Waals surface area (Å²) in [7, 11) is 0. The zero-order valence-electron chi connectivity index (χ0n) is 8.62. The summed E-state index contributed by atoms with van der Waals surface area (Å²) in [5.41, 5.74) is 4.79. The molecule has 0 spiro atoms. The van der Waals surface area contributed by atoms with Crippen molar-refractivity contribution in [1.29, 1.82) is 0 Å². The van der Waals surface area contributed by atoms with E-state index in [1.807, 2.05) is 0 Å². The molecule has 0 aliphatic heterocycles. The predicted molar refractivity (Wildman–Crippen MR) is 61.8 cm³/mol. The highest BCUT2D eigenvalue weighted by atomic mass is 79.9. The summed E-state index contributed by atoms with van der Waals surface area (Å²) in [4.78, 5) is 22.5. The maximum atomic E-state index is 11.6. The largest absolute Gasteiger partial charge is 0.449 e. The number of hydrogen-bond acceptors (Lipinski definition) is 3. The van der Waals surface area contributed by atoms with Crippen molar-refractivity contribution in [2.75, 3.05) is 6.61 Å². The van der Waals surface area contributed by atoms with Crippen LogP contribution in [0.1, 0.15) is 17.3 Å². The zero-order valence-corrected chi connectivity index (χ0v) is 10.2. The Bertz CT molecular complexity index is 395. The zero-order chi connectivity index (χ0) is 12.0. The van der Waals surface area contributed by atoms with E-state index in [0.717, 1.165) is 0 Å². The topological polar surface area (TPSA) is 67.4 Å². The smallest absolute Gasteiger partial charge is 0.426 e. The van der Waals surface area contributed by atoms with Gasteiger partial charge < -0.3 is 4.74 Å². The monoisotopic (exact) mass is 286 g/mol. The molecule has 0 fully saturated rings. The van der Waals surface area contributed by atoms with E-state index in [4.69, 9.17) is 0 Å². The van der Waals surface area contributed by atoms with Crippen LogP contribution in [0.2, 0.25) is 0 Å². The van der Waals surface area contributed by atoms with Gasteiger partial charge in [0.25, 0.3) is 5.91 Å². The van der Waals surface area contributed by atoms with E-state index < -0.39 is 12.0 Å². The molecule has 0 saturated carbocycles. The fraction of sp³-hybridized carbons (Fsp3) is 0.200. The number of benzene rings is 1. The van der Waals surface area contributed by atoms with E-state index in [9.17, 15) is 9.59 Å². The molecule has 1 aromatic rings. The third-order valence-electron chi connectivity index (χ3n) is 1.67. The predicted octanol–water partition coefficient (Wildman–Crippen LogP) is 1.84. The molecule has 0 unspecified atom stereocenters. The average Bonchev–Trinajstić information content (AvgIpc) is 2.27. The van der Waals surface area contributed by atoms with Crippen LogP contribution in [0.15, 0.2) is 28.7 Å². The number of amides is 2. The Labute approximate surface area is 101 Å². The van der Waals surface area contributed by atoms with Crippen molar-refractivity contribution in [3.05, 3.63) is 34.3 Å². The Hall–Kier alpha value is -1.56. The molecular formula is C10H11BrN2O3. The molecule has 2 amide bonds. The minimum Gasteiger partial charge on any atom is -0.449 e.